The Balaban J connectivity index is 1.90. The van der Waals surface area contributed by atoms with Crippen molar-refractivity contribution in [3.05, 3.63) is 47.5 Å². The van der Waals surface area contributed by atoms with Crippen molar-refractivity contribution < 1.29 is 0 Å². The van der Waals surface area contributed by atoms with Crippen LogP contribution in [-0.4, -0.2) is 11.0 Å². The molecule has 0 fully saturated rings. The lowest BCUT2D eigenvalue weighted by molar-refractivity contribution is 0.789. The standard InChI is InChI=1S/C12H14N2S/c1-10(14-12-13-7-8-15-12)9-11-5-3-2-4-6-11/h2-8,10H,9H2,1H3,(H,13,14). The second-order valence-corrected chi connectivity index (χ2v) is 4.47. The molecule has 0 radical (unpaired) electrons. The number of hydrogen-bond acceptors (Lipinski definition) is 3. The molecule has 0 bridgehead atoms. The summed E-state index contributed by atoms with van der Waals surface area (Å²) in [4.78, 5) is 4.21. The lowest BCUT2D eigenvalue weighted by Gasteiger charge is -2.12. The maximum atomic E-state index is 4.21. The summed E-state index contributed by atoms with van der Waals surface area (Å²) in [6.45, 7) is 2.17. The Kier molecular flexibility index (Phi) is 3.35. The third-order valence-corrected chi connectivity index (χ3v) is 2.89. The van der Waals surface area contributed by atoms with Gasteiger partial charge in [0.15, 0.2) is 5.13 Å². The first-order chi connectivity index (χ1) is 7.34. The van der Waals surface area contributed by atoms with Crippen LogP contribution in [0.15, 0.2) is 41.9 Å². The van der Waals surface area contributed by atoms with Crippen LogP contribution in [0, 0.1) is 0 Å². The molecular formula is C12H14N2S. The van der Waals surface area contributed by atoms with Crippen LogP contribution in [0.1, 0.15) is 12.5 Å². The van der Waals surface area contributed by atoms with Gasteiger partial charge in [-0.3, -0.25) is 0 Å². The Hall–Kier alpha value is -1.35. The number of benzene rings is 1. The lowest BCUT2D eigenvalue weighted by atomic mass is 10.1. The van der Waals surface area contributed by atoms with Crippen LogP contribution in [-0.2, 0) is 6.42 Å². The van der Waals surface area contributed by atoms with Crippen LogP contribution in [0.25, 0.3) is 0 Å². The third-order valence-electron chi connectivity index (χ3n) is 2.19. The molecule has 0 aliphatic carbocycles. The molecule has 0 saturated carbocycles. The van der Waals surface area contributed by atoms with Crippen LogP contribution in [0.4, 0.5) is 5.13 Å². The lowest BCUT2D eigenvalue weighted by Crippen LogP contribution is -2.17. The zero-order valence-electron chi connectivity index (χ0n) is 8.68. The molecule has 2 nitrogen and oxygen atoms in total. The van der Waals surface area contributed by atoms with Crippen LogP contribution < -0.4 is 5.32 Å². The van der Waals surface area contributed by atoms with E-state index >= 15 is 0 Å². The molecule has 1 atom stereocenters. The minimum atomic E-state index is 0.415. The number of nitrogens with zero attached hydrogens (tertiary/aromatic N) is 1. The molecule has 2 rings (SSSR count). The molecule has 1 aromatic heterocycles. The van der Waals surface area contributed by atoms with E-state index in [-0.39, 0.29) is 0 Å². The van der Waals surface area contributed by atoms with Gasteiger partial charge in [-0.05, 0) is 18.9 Å². The molecule has 0 spiro atoms. The summed E-state index contributed by atoms with van der Waals surface area (Å²) in [7, 11) is 0. The molecule has 1 aromatic carbocycles. The van der Waals surface area contributed by atoms with Gasteiger partial charge < -0.3 is 5.32 Å². The number of anilines is 1. The fraction of sp³-hybridized carbons (Fsp3) is 0.250. The summed E-state index contributed by atoms with van der Waals surface area (Å²) in [6, 6.07) is 10.9. The van der Waals surface area contributed by atoms with Crippen molar-refractivity contribution in [2.75, 3.05) is 5.32 Å². The fourth-order valence-electron chi connectivity index (χ4n) is 1.52. The van der Waals surface area contributed by atoms with E-state index in [9.17, 15) is 0 Å². The first-order valence-electron chi connectivity index (χ1n) is 5.04. The summed E-state index contributed by atoms with van der Waals surface area (Å²) in [5.74, 6) is 0. The molecule has 1 N–H and O–H groups in total. The van der Waals surface area contributed by atoms with Gasteiger partial charge in [0.1, 0.15) is 0 Å². The van der Waals surface area contributed by atoms with Crippen molar-refractivity contribution in [2.45, 2.75) is 19.4 Å². The SMILES string of the molecule is CC(Cc1ccccc1)Nc1nccs1. The molecule has 3 heteroatoms. The van der Waals surface area contributed by atoms with Gasteiger partial charge in [-0.1, -0.05) is 30.3 Å². The van der Waals surface area contributed by atoms with E-state index < -0.39 is 0 Å². The Labute approximate surface area is 94.0 Å². The largest absolute Gasteiger partial charge is 0.359 e. The molecule has 15 heavy (non-hydrogen) atoms. The van der Waals surface area contributed by atoms with Crippen molar-refractivity contribution in [3.63, 3.8) is 0 Å². The zero-order valence-corrected chi connectivity index (χ0v) is 9.50. The van der Waals surface area contributed by atoms with Crippen LogP contribution in [0.3, 0.4) is 0 Å². The fourth-order valence-corrected chi connectivity index (χ4v) is 2.17. The Bertz CT molecular complexity index is 383. The van der Waals surface area contributed by atoms with Crippen LogP contribution in [0.5, 0.6) is 0 Å². The summed E-state index contributed by atoms with van der Waals surface area (Å²) in [5, 5.41) is 6.36. The van der Waals surface area contributed by atoms with Crippen LogP contribution in [0.2, 0.25) is 0 Å². The monoisotopic (exact) mass is 218 g/mol. The molecule has 0 aliphatic heterocycles. The van der Waals surface area contributed by atoms with Gasteiger partial charge in [0, 0.05) is 17.6 Å². The van der Waals surface area contributed by atoms with Gasteiger partial charge in [-0.25, -0.2) is 4.98 Å². The topological polar surface area (TPSA) is 24.9 Å². The predicted octanol–water partition coefficient (Wildman–Crippen LogP) is 3.19. The molecule has 0 saturated heterocycles. The summed E-state index contributed by atoms with van der Waals surface area (Å²) >= 11 is 1.64. The maximum absolute atomic E-state index is 4.21. The van der Waals surface area contributed by atoms with Gasteiger partial charge in [0.2, 0.25) is 0 Å². The second kappa shape index (κ2) is 4.94. The molecule has 2 aromatic rings. The number of rotatable bonds is 4. The van der Waals surface area contributed by atoms with E-state index in [1.807, 2.05) is 17.6 Å². The van der Waals surface area contributed by atoms with Crippen molar-refractivity contribution in [2.24, 2.45) is 0 Å². The Morgan fingerprint density at radius 2 is 2.13 bits per heavy atom. The summed E-state index contributed by atoms with van der Waals surface area (Å²) in [5.41, 5.74) is 1.36. The summed E-state index contributed by atoms with van der Waals surface area (Å²) in [6.07, 6.45) is 2.85. The molecule has 1 unspecified atom stereocenters. The number of nitrogens with one attached hydrogen (secondary N) is 1. The van der Waals surface area contributed by atoms with Crippen molar-refractivity contribution >= 4 is 16.5 Å². The van der Waals surface area contributed by atoms with E-state index in [2.05, 4.69) is 41.5 Å². The number of thiazole rings is 1. The van der Waals surface area contributed by atoms with E-state index in [1.54, 1.807) is 11.3 Å². The smallest absolute Gasteiger partial charge is 0.182 e. The zero-order chi connectivity index (χ0) is 10.5. The normalized spacial score (nSPS) is 12.3. The quantitative estimate of drug-likeness (QED) is 0.852. The average molecular weight is 218 g/mol. The highest BCUT2D eigenvalue weighted by Crippen LogP contribution is 2.13. The Morgan fingerprint density at radius 3 is 2.80 bits per heavy atom. The Morgan fingerprint density at radius 1 is 1.33 bits per heavy atom. The van der Waals surface area contributed by atoms with Crippen LogP contribution >= 0.6 is 11.3 Å². The minimum absolute atomic E-state index is 0.415. The highest BCUT2D eigenvalue weighted by molar-refractivity contribution is 7.13. The predicted molar refractivity (Wildman–Crippen MR) is 65.3 cm³/mol. The van der Waals surface area contributed by atoms with Gasteiger partial charge in [-0.15, -0.1) is 11.3 Å². The molecule has 1 heterocycles. The summed E-state index contributed by atoms with van der Waals surface area (Å²) < 4.78 is 0. The van der Waals surface area contributed by atoms with Crippen molar-refractivity contribution in [3.8, 4) is 0 Å². The first kappa shape index (κ1) is 10.2. The molecular weight excluding hydrogens is 204 g/mol. The molecule has 78 valence electrons. The van der Waals surface area contributed by atoms with E-state index in [1.165, 1.54) is 5.56 Å². The first-order valence-corrected chi connectivity index (χ1v) is 5.92. The van der Waals surface area contributed by atoms with Gasteiger partial charge in [-0.2, -0.15) is 0 Å². The van der Waals surface area contributed by atoms with E-state index in [0.717, 1.165) is 11.6 Å². The highest BCUT2D eigenvalue weighted by atomic mass is 32.1. The minimum Gasteiger partial charge on any atom is -0.359 e. The second-order valence-electron chi connectivity index (χ2n) is 3.57. The third kappa shape index (κ3) is 3.06. The van der Waals surface area contributed by atoms with Crippen molar-refractivity contribution in [1.29, 1.82) is 0 Å². The van der Waals surface area contributed by atoms with Crippen molar-refractivity contribution in [1.82, 2.24) is 4.98 Å². The highest BCUT2D eigenvalue weighted by Gasteiger charge is 2.04. The number of hydrogen-bond donors (Lipinski definition) is 1. The average Bonchev–Trinajstić information content (AvgIpc) is 2.71. The maximum Gasteiger partial charge on any atom is 0.182 e. The van der Waals surface area contributed by atoms with E-state index in [0.29, 0.717) is 6.04 Å². The number of aromatic nitrogens is 1. The van der Waals surface area contributed by atoms with E-state index in [4.69, 9.17) is 0 Å². The van der Waals surface area contributed by atoms with Gasteiger partial charge >= 0.3 is 0 Å². The molecule has 0 amide bonds. The molecule has 0 aliphatic rings. The van der Waals surface area contributed by atoms with Gasteiger partial charge in [0.25, 0.3) is 0 Å². The van der Waals surface area contributed by atoms with Gasteiger partial charge in [0.05, 0.1) is 0 Å².